The van der Waals surface area contributed by atoms with Crippen LogP contribution in [-0.2, 0) is 14.3 Å². The van der Waals surface area contributed by atoms with Crippen molar-refractivity contribution in [2.45, 2.75) is 27.7 Å². The second-order valence-corrected chi connectivity index (χ2v) is 7.90. The van der Waals surface area contributed by atoms with Crippen LogP contribution in [0.3, 0.4) is 0 Å². The van der Waals surface area contributed by atoms with Gasteiger partial charge in [0.15, 0.2) is 18.1 Å². The molecule has 0 bridgehead atoms. The van der Waals surface area contributed by atoms with E-state index in [1.54, 1.807) is 12.3 Å². The Bertz CT molecular complexity index is 1210. The lowest BCUT2D eigenvalue weighted by Gasteiger charge is -2.06. The highest BCUT2D eigenvalue weighted by atomic mass is 32.1. The number of ketones is 1. The Morgan fingerprint density at radius 3 is 2.36 bits per heavy atom. The summed E-state index contributed by atoms with van der Waals surface area (Å²) in [6, 6.07) is 7.69. The summed E-state index contributed by atoms with van der Waals surface area (Å²) in [7, 11) is 0. The summed E-state index contributed by atoms with van der Waals surface area (Å²) in [5, 5.41) is 4.55. The zero-order chi connectivity index (χ0) is 24.1. The van der Waals surface area contributed by atoms with Gasteiger partial charge in [-0.25, -0.2) is 14.6 Å². The number of anilines is 1. The molecule has 1 aromatic carbocycles. The molecule has 0 aliphatic carbocycles. The predicted octanol–water partition coefficient (Wildman–Crippen LogP) is 4.19. The van der Waals surface area contributed by atoms with Crippen LogP contribution in [0.15, 0.2) is 34.1 Å². The van der Waals surface area contributed by atoms with E-state index >= 15 is 0 Å². The van der Waals surface area contributed by atoms with Gasteiger partial charge in [0.05, 0.1) is 12.2 Å². The summed E-state index contributed by atoms with van der Waals surface area (Å²) in [6.45, 7) is 5.77. The smallest absolute Gasteiger partial charge is 0.358 e. The molecule has 0 aliphatic rings. The van der Waals surface area contributed by atoms with E-state index < -0.39 is 30.2 Å². The zero-order valence-corrected chi connectivity index (χ0v) is 19.3. The van der Waals surface area contributed by atoms with E-state index in [0.29, 0.717) is 5.01 Å². The average Bonchev–Trinajstić information content (AvgIpc) is 3.37. The number of nitrogens with zero attached hydrogens (tertiary/aromatic N) is 1. The molecule has 1 amide bonds. The van der Waals surface area contributed by atoms with Gasteiger partial charge in [0.2, 0.25) is 5.88 Å². The van der Waals surface area contributed by atoms with Gasteiger partial charge in [-0.3, -0.25) is 14.9 Å². The van der Waals surface area contributed by atoms with Gasteiger partial charge in [-0.15, -0.1) is 11.3 Å². The van der Waals surface area contributed by atoms with Crippen LogP contribution in [0.1, 0.15) is 56.4 Å². The Balaban J connectivity index is 1.67. The van der Waals surface area contributed by atoms with Crippen molar-refractivity contribution >= 4 is 40.9 Å². The highest BCUT2D eigenvalue weighted by Gasteiger charge is 2.29. The first kappa shape index (κ1) is 23.9. The minimum atomic E-state index is -0.807. The summed E-state index contributed by atoms with van der Waals surface area (Å²) < 4.78 is 15.4. The normalized spacial score (nSPS) is 10.5. The molecule has 2 aromatic heterocycles. The van der Waals surface area contributed by atoms with Gasteiger partial charge in [-0.2, -0.15) is 0 Å². The Hall–Kier alpha value is -3.79. The zero-order valence-electron chi connectivity index (χ0n) is 18.5. The SMILES string of the molecule is CCOC(=O)c1c(NC(=O)COC(=O)c2csc(-c3ccc(C)cc3)n2)oc(C)c1C(C)=O. The summed E-state index contributed by atoms with van der Waals surface area (Å²) in [4.78, 5) is 53.1. The molecule has 3 rings (SSSR count). The maximum atomic E-state index is 12.3. The number of carbonyl (C=O) groups excluding carboxylic acids is 4. The van der Waals surface area contributed by atoms with E-state index in [2.05, 4.69) is 10.3 Å². The Morgan fingerprint density at radius 2 is 1.73 bits per heavy atom. The molecule has 9 nitrogen and oxygen atoms in total. The molecule has 2 heterocycles. The van der Waals surface area contributed by atoms with Crippen LogP contribution in [0.5, 0.6) is 0 Å². The first-order chi connectivity index (χ1) is 15.7. The molecule has 0 spiro atoms. The number of aromatic nitrogens is 1. The molecular formula is C23H22N2O7S. The number of benzene rings is 1. The van der Waals surface area contributed by atoms with Crippen molar-refractivity contribution in [3.8, 4) is 10.6 Å². The standard InChI is InChI=1S/C23H22N2O7S/c1-5-30-23(29)19-18(13(3)26)14(4)32-20(19)25-17(27)10-31-22(28)16-11-33-21(24-16)15-8-6-12(2)7-9-15/h6-9,11H,5,10H2,1-4H3,(H,25,27). The number of thiazole rings is 1. The van der Waals surface area contributed by atoms with Gasteiger partial charge in [0.1, 0.15) is 16.3 Å². The van der Waals surface area contributed by atoms with Crippen LogP contribution in [0.2, 0.25) is 0 Å². The van der Waals surface area contributed by atoms with Gasteiger partial charge < -0.3 is 13.9 Å². The van der Waals surface area contributed by atoms with Crippen LogP contribution >= 0.6 is 11.3 Å². The lowest BCUT2D eigenvalue weighted by Crippen LogP contribution is -2.22. The minimum Gasteiger partial charge on any atom is -0.462 e. The van der Waals surface area contributed by atoms with Crippen molar-refractivity contribution in [1.29, 1.82) is 0 Å². The van der Waals surface area contributed by atoms with Crippen LogP contribution in [0.25, 0.3) is 10.6 Å². The minimum absolute atomic E-state index is 0.0202. The molecule has 0 atom stereocenters. The van der Waals surface area contributed by atoms with E-state index in [1.807, 2.05) is 31.2 Å². The van der Waals surface area contributed by atoms with E-state index in [0.717, 1.165) is 11.1 Å². The number of aryl methyl sites for hydroxylation is 2. The predicted molar refractivity (Wildman–Crippen MR) is 121 cm³/mol. The molecule has 1 N–H and O–H groups in total. The van der Waals surface area contributed by atoms with Gasteiger partial charge >= 0.3 is 11.9 Å². The number of amides is 1. The fourth-order valence-electron chi connectivity index (χ4n) is 3.02. The molecule has 3 aromatic rings. The largest absolute Gasteiger partial charge is 0.462 e. The third-order valence-electron chi connectivity index (χ3n) is 4.52. The number of hydrogen-bond donors (Lipinski definition) is 1. The monoisotopic (exact) mass is 470 g/mol. The molecule has 0 fully saturated rings. The first-order valence-corrected chi connectivity index (χ1v) is 10.9. The number of esters is 2. The number of nitrogens with one attached hydrogen (secondary N) is 1. The quantitative estimate of drug-likeness (QED) is 0.384. The number of hydrogen-bond acceptors (Lipinski definition) is 9. The highest BCUT2D eigenvalue weighted by molar-refractivity contribution is 7.13. The van der Waals surface area contributed by atoms with Gasteiger partial charge in [0.25, 0.3) is 5.91 Å². The van der Waals surface area contributed by atoms with Gasteiger partial charge in [-0.1, -0.05) is 29.8 Å². The summed E-state index contributed by atoms with van der Waals surface area (Å²) in [6.07, 6.45) is 0. The molecule has 0 aliphatic heterocycles. The maximum absolute atomic E-state index is 12.3. The van der Waals surface area contributed by atoms with Crippen molar-refractivity contribution in [3.05, 3.63) is 57.8 Å². The Kier molecular flexibility index (Phi) is 7.39. The van der Waals surface area contributed by atoms with Crippen LogP contribution in [0, 0.1) is 13.8 Å². The molecule has 33 heavy (non-hydrogen) atoms. The second kappa shape index (κ2) is 10.2. The second-order valence-electron chi connectivity index (χ2n) is 7.04. The maximum Gasteiger partial charge on any atom is 0.358 e. The lowest BCUT2D eigenvalue weighted by atomic mass is 10.1. The van der Waals surface area contributed by atoms with Gasteiger partial charge in [0, 0.05) is 10.9 Å². The van der Waals surface area contributed by atoms with Crippen LogP contribution < -0.4 is 5.32 Å². The molecule has 10 heteroatoms. The Morgan fingerprint density at radius 1 is 1.03 bits per heavy atom. The summed E-state index contributed by atoms with van der Waals surface area (Å²) in [5.74, 6) is -2.84. The number of rotatable bonds is 8. The number of Topliss-reactive ketones (excluding diaryl/α,β-unsaturated/α-hetero) is 1. The summed E-state index contributed by atoms with van der Waals surface area (Å²) >= 11 is 1.28. The van der Waals surface area contributed by atoms with Crippen LogP contribution in [-0.4, -0.2) is 41.8 Å². The number of ether oxygens (including phenoxy) is 2. The van der Waals surface area contributed by atoms with Crippen molar-refractivity contribution < 1.29 is 33.1 Å². The fourth-order valence-corrected chi connectivity index (χ4v) is 3.81. The average molecular weight is 471 g/mol. The molecule has 0 saturated heterocycles. The third-order valence-corrected chi connectivity index (χ3v) is 5.41. The number of carbonyl (C=O) groups is 4. The van der Waals surface area contributed by atoms with Crippen molar-refractivity contribution in [2.24, 2.45) is 0 Å². The van der Waals surface area contributed by atoms with Crippen molar-refractivity contribution in [2.75, 3.05) is 18.5 Å². The molecule has 0 unspecified atom stereocenters. The van der Waals surface area contributed by atoms with Crippen molar-refractivity contribution in [1.82, 2.24) is 4.98 Å². The van der Waals surface area contributed by atoms with E-state index in [9.17, 15) is 19.2 Å². The fraction of sp³-hybridized carbons (Fsp3) is 0.261. The van der Waals surface area contributed by atoms with Crippen molar-refractivity contribution in [3.63, 3.8) is 0 Å². The third kappa shape index (κ3) is 5.53. The highest BCUT2D eigenvalue weighted by Crippen LogP contribution is 2.29. The van der Waals surface area contributed by atoms with E-state index in [4.69, 9.17) is 13.9 Å². The topological polar surface area (TPSA) is 125 Å². The number of furan rings is 1. The molecule has 0 radical (unpaired) electrons. The van der Waals surface area contributed by atoms with E-state index in [-0.39, 0.29) is 35.1 Å². The molecule has 172 valence electrons. The van der Waals surface area contributed by atoms with E-state index in [1.165, 1.54) is 25.2 Å². The lowest BCUT2D eigenvalue weighted by molar-refractivity contribution is -0.119. The van der Waals surface area contributed by atoms with Crippen LogP contribution in [0.4, 0.5) is 5.88 Å². The first-order valence-electron chi connectivity index (χ1n) is 10.0. The molecule has 0 saturated carbocycles. The molecular weight excluding hydrogens is 448 g/mol. The Labute approximate surface area is 193 Å². The van der Waals surface area contributed by atoms with Gasteiger partial charge in [-0.05, 0) is 27.7 Å². The summed E-state index contributed by atoms with van der Waals surface area (Å²) in [5.41, 5.74) is 1.89.